The van der Waals surface area contributed by atoms with Gasteiger partial charge in [0.25, 0.3) is 0 Å². The number of anilines is 2. The van der Waals surface area contributed by atoms with Crippen LogP contribution in [0.3, 0.4) is 0 Å². The van der Waals surface area contributed by atoms with Crippen LogP contribution in [0.5, 0.6) is 0 Å². The molecule has 116 valence electrons. The van der Waals surface area contributed by atoms with Crippen LogP contribution in [0.1, 0.15) is 25.8 Å². The maximum Gasteiger partial charge on any atom is 0.239 e. The van der Waals surface area contributed by atoms with Gasteiger partial charge in [-0.2, -0.15) is 0 Å². The normalized spacial score (nSPS) is 24.5. The Morgan fingerprint density at radius 1 is 1.52 bits per heavy atom. The molecule has 0 aromatic heterocycles. The van der Waals surface area contributed by atoms with E-state index in [4.69, 9.17) is 10.5 Å². The highest BCUT2D eigenvalue weighted by Crippen LogP contribution is 2.23. The number of ether oxygens (including phenoxy) is 1. The fourth-order valence-corrected chi connectivity index (χ4v) is 3.97. The Balaban J connectivity index is 2.05. The van der Waals surface area contributed by atoms with Crippen LogP contribution in [0.25, 0.3) is 0 Å². The second-order valence-electron chi connectivity index (χ2n) is 5.44. The first-order chi connectivity index (χ1) is 9.90. The van der Waals surface area contributed by atoms with Gasteiger partial charge in [0.15, 0.2) is 0 Å². The van der Waals surface area contributed by atoms with Gasteiger partial charge >= 0.3 is 0 Å². The SMILES string of the molecule is Cc1ccc(N)cc1NC(=O)C(C)S(=O)C1CCOC1C. The molecule has 1 heterocycles. The molecule has 4 unspecified atom stereocenters. The first-order valence-corrected chi connectivity index (χ1v) is 8.35. The third-order valence-corrected chi connectivity index (χ3v) is 5.97. The first-order valence-electron chi connectivity index (χ1n) is 7.08. The summed E-state index contributed by atoms with van der Waals surface area (Å²) in [7, 11) is -1.25. The topological polar surface area (TPSA) is 81.4 Å². The van der Waals surface area contributed by atoms with Gasteiger partial charge < -0.3 is 15.8 Å². The molecule has 21 heavy (non-hydrogen) atoms. The van der Waals surface area contributed by atoms with Crippen molar-refractivity contribution in [2.24, 2.45) is 0 Å². The molecule has 1 saturated heterocycles. The Morgan fingerprint density at radius 2 is 2.24 bits per heavy atom. The summed E-state index contributed by atoms with van der Waals surface area (Å²) in [4.78, 5) is 12.3. The average molecular weight is 310 g/mol. The predicted octanol–water partition coefficient (Wildman–Crippen LogP) is 1.83. The second-order valence-corrected chi connectivity index (χ2v) is 7.41. The number of nitrogens with one attached hydrogen (secondary N) is 1. The van der Waals surface area contributed by atoms with Gasteiger partial charge in [-0.3, -0.25) is 9.00 Å². The Labute approximate surface area is 127 Å². The van der Waals surface area contributed by atoms with Gasteiger partial charge in [-0.25, -0.2) is 0 Å². The molecule has 1 aromatic carbocycles. The fourth-order valence-electron chi connectivity index (χ4n) is 2.39. The van der Waals surface area contributed by atoms with Gasteiger partial charge in [-0.05, 0) is 44.9 Å². The highest BCUT2D eigenvalue weighted by atomic mass is 32.2. The zero-order chi connectivity index (χ0) is 15.6. The fraction of sp³-hybridized carbons (Fsp3) is 0.533. The lowest BCUT2D eigenvalue weighted by atomic mass is 10.2. The summed E-state index contributed by atoms with van der Waals surface area (Å²) in [5.41, 5.74) is 7.91. The van der Waals surface area contributed by atoms with Gasteiger partial charge in [0.05, 0.1) is 11.4 Å². The van der Waals surface area contributed by atoms with Crippen molar-refractivity contribution in [3.8, 4) is 0 Å². The van der Waals surface area contributed by atoms with Gasteiger partial charge in [0.2, 0.25) is 5.91 Å². The van der Waals surface area contributed by atoms with Crippen molar-refractivity contribution < 1.29 is 13.7 Å². The van der Waals surface area contributed by atoms with Crippen molar-refractivity contribution in [1.82, 2.24) is 0 Å². The third-order valence-electron chi connectivity index (χ3n) is 3.84. The van der Waals surface area contributed by atoms with E-state index in [0.29, 0.717) is 18.0 Å². The summed E-state index contributed by atoms with van der Waals surface area (Å²) in [6, 6.07) is 5.34. The van der Waals surface area contributed by atoms with Crippen molar-refractivity contribution in [2.75, 3.05) is 17.7 Å². The zero-order valence-electron chi connectivity index (χ0n) is 12.6. The van der Waals surface area contributed by atoms with Gasteiger partial charge in [-0.1, -0.05) is 6.07 Å². The van der Waals surface area contributed by atoms with Gasteiger partial charge in [0, 0.05) is 28.8 Å². The molecular formula is C15H22N2O3S. The number of hydrogen-bond acceptors (Lipinski definition) is 4. The van der Waals surface area contributed by atoms with Crippen molar-refractivity contribution in [3.63, 3.8) is 0 Å². The van der Waals surface area contributed by atoms with Gasteiger partial charge in [0.1, 0.15) is 5.25 Å². The van der Waals surface area contributed by atoms with E-state index in [0.717, 1.165) is 12.0 Å². The summed E-state index contributed by atoms with van der Waals surface area (Å²) in [6.07, 6.45) is 0.679. The Hall–Kier alpha value is -1.40. The highest BCUT2D eigenvalue weighted by molar-refractivity contribution is 7.87. The van der Waals surface area contributed by atoms with Crippen LogP contribution in [0, 0.1) is 6.92 Å². The zero-order valence-corrected chi connectivity index (χ0v) is 13.4. The van der Waals surface area contributed by atoms with Crippen LogP contribution < -0.4 is 11.1 Å². The van der Waals surface area contributed by atoms with Crippen molar-refractivity contribution in [1.29, 1.82) is 0 Å². The summed E-state index contributed by atoms with van der Waals surface area (Å²) in [5.74, 6) is -0.249. The van der Waals surface area contributed by atoms with Crippen LogP contribution in [0.15, 0.2) is 18.2 Å². The predicted molar refractivity (Wildman–Crippen MR) is 85.6 cm³/mol. The maximum absolute atomic E-state index is 12.5. The molecule has 1 aromatic rings. The van der Waals surface area contributed by atoms with Gasteiger partial charge in [-0.15, -0.1) is 0 Å². The summed E-state index contributed by atoms with van der Waals surface area (Å²) >= 11 is 0. The first kappa shape index (κ1) is 16.0. The quantitative estimate of drug-likeness (QED) is 0.831. The van der Waals surface area contributed by atoms with Crippen LogP contribution in [0.4, 0.5) is 11.4 Å². The average Bonchev–Trinajstić information content (AvgIpc) is 2.87. The lowest BCUT2D eigenvalue weighted by molar-refractivity contribution is -0.115. The van der Waals surface area contributed by atoms with E-state index in [-0.39, 0.29) is 17.3 Å². The molecular weight excluding hydrogens is 288 g/mol. The minimum absolute atomic E-state index is 0.0600. The Kier molecular flexibility index (Phi) is 5.00. The van der Waals surface area contributed by atoms with E-state index < -0.39 is 16.0 Å². The Morgan fingerprint density at radius 3 is 2.86 bits per heavy atom. The monoisotopic (exact) mass is 310 g/mol. The number of hydrogen-bond donors (Lipinski definition) is 2. The number of nitrogens with two attached hydrogens (primary N) is 1. The number of benzene rings is 1. The van der Waals surface area contributed by atoms with Crippen molar-refractivity contribution in [2.45, 2.75) is 43.8 Å². The van der Waals surface area contributed by atoms with E-state index in [2.05, 4.69) is 5.32 Å². The molecule has 6 heteroatoms. The Bertz CT molecular complexity index is 562. The number of aryl methyl sites for hydroxylation is 1. The molecule has 0 radical (unpaired) electrons. The van der Waals surface area contributed by atoms with E-state index in [9.17, 15) is 9.00 Å². The molecule has 5 nitrogen and oxygen atoms in total. The largest absolute Gasteiger partial charge is 0.399 e. The van der Waals surface area contributed by atoms with Crippen LogP contribution in [-0.4, -0.2) is 33.3 Å². The molecule has 1 aliphatic heterocycles. The van der Waals surface area contributed by atoms with Crippen LogP contribution >= 0.6 is 0 Å². The number of carbonyl (C=O) groups is 1. The van der Waals surface area contributed by atoms with E-state index in [1.165, 1.54) is 0 Å². The van der Waals surface area contributed by atoms with E-state index in [1.54, 1.807) is 19.1 Å². The summed E-state index contributed by atoms with van der Waals surface area (Å²) in [5, 5.41) is 2.16. The molecule has 0 bridgehead atoms. The van der Waals surface area contributed by atoms with Crippen LogP contribution in [-0.2, 0) is 20.3 Å². The molecule has 1 fully saturated rings. The second kappa shape index (κ2) is 6.58. The molecule has 0 saturated carbocycles. The van der Waals surface area contributed by atoms with Crippen molar-refractivity contribution >= 4 is 28.1 Å². The lowest BCUT2D eigenvalue weighted by Crippen LogP contribution is -2.37. The number of rotatable bonds is 4. The van der Waals surface area contributed by atoms with Crippen LogP contribution in [0.2, 0.25) is 0 Å². The summed E-state index contributed by atoms with van der Waals surface area (Å²) in [6.45, 7) is 6.10. The molecule has 2 rings (SSSR count). The molecule has 0 aliphatic carbocycles. The number of carbonyl (C=O) groups excluding carboxylic acids is 1. The van der Waals surface area contributed by atoms with E-state index >= 15 is 0 Å². The molecule has 0 spiro atoms. The summed E-state index contributed by atoms with van der Waals surface area (Å²) < 4.78 is 17.9. The van der Waals surface area contributed by atoms with E-state index in [1.807, 2.05) is 19.9 Å². The number of amides is 1. The molecule has 3 N–H and O–H groups in total. The number of nitrogen functional groups attached to an aromatic ring is 1. The highest BCUT2D eigenvalue weighted by Gasteiger charge is 2.34. The smallest absolute Gasteiger partial charge is 0.239 e. The minimum Gasteiger partial charge on any atom is -0.399 e. The standard InChI is InChI=1S/C15H22N2O3S/c1-9-4-5-12(16)8-13(9)17-15(18)11(3)21(19)14-6-7-20-10(14)2/h4-5,8,10-11,14H,6-7,16H2,1-3H3,(H,17,18). The lowest BCUT2D eigenvalue weighted by Gasteiger charge is -2.19. The molecule has 4 atom stereocenters. The minimum atomic E-state index is -1.25. The maximum atomic E-state index is 12.5. The van der Waals surface area contributed by atoms with Crippen molar-refractivity contribution in [3.05, 3.63) is 23.8 Å². The molecule has 1 aliphatic rings. The third kappa shape index (κ3) is 3.63. The molecule has 1 amide bonds.